The van der Waals surface area contributed by atoms with Crippen LogP contribution >= 0.6 is 54.8 Å². The Bertz CT molecular complexity index is 593. The first kappa shape index (κ1) is 16.0. The van der Waals surface area contributed by atoms with E-state index in [1.807, 2.05) is 37.3 Å². The molecule has 0 saturated heterocycles. The van der Waals surface area contributed by atoms with Crippen LogP contribution < -0.4 is 5.32 Å². The molecule has 0 radical (unpaired) electrons. The minimum Gasteiger partial charge on any atom is -0.345 e. The van der Waals surface area contributed by atoms with Crippen LogP contribution in [0.1, 0.15) is 34.6 Å². The second-order valence-corrected chi connectivity index (χ2v) is 7.88. The maximum atomic E-state index is 12.3. The van der Waals surface area contributed by atoms with Gasteiger partial charge < -0.3 is 5.32 Å². The fourth-order valence-electron chi connectivity index (χ4n) is 1.80. The molecule has 6 heteroatoms. The van der Waals surface area contributed by atoms with Gasteiger partial charge in [0.25, 0.3) is 5.91 Å². The summed E-state index contributed by atoms with van der Waals surface area (Å²) in [4.78, 5) is 12.9. The third kappa shape index (κ3) is 3.85. The summed E-state index contributed by atoms with van der Waals surface area (Å²) in [7, 11) is 0. The highest BCUT2D eigenvalue weighted by atomic mass is 79.9. The number of hydrogen-bond acceptors (Lipinski definition) is 2. The molecule has 0 aliphatic carbocycles. The Morgan fingerprint density at radius 3 is 2.50 bits per heavy atom. The van der Waals surface area contributed by atoms with Gasteiger partial charge in [0.15, 0.2) is 0 Å². The molecule has 2 nitrogen and oxygen atoms in total. The average Bonchev–Trinajstić information content (AvgIpc) is 2.77. The van der Waals surface area contributed by atoms with E-state index in [4.69, 9.17) is 11.6 Å². The average molecular weight is 438 g/mol. The number of carbonyl (C=O) groups is 1. The topological polar surface area (TPSA) is 29.1 Å². The van der Waals surface area contributed by atoms with Crippen LogP contribution in [0.5, 0.6) is 0 Å². The largest absolute Gasteiger partial charge is 0.345 e. The van der Waals surface area contributed by atoms with Crippen molar-refractivity contribution in [2.24, 2.45) is 0 Å². The standard InChI is InChI=1S/C14H12Br2ClNOS/c1-2-11(8-3-5-9(17)6-4-8)18-14(19)12-7-10(15)13(16)20-12/h3-7,11H,2H2,1H3,(H,18,19). The predicted molar refractivity (Wildman–Crippen MR) is 91.7 cm³/mol. The van der Waals surface area contributed by atoms with Gasteiger partial charge in [0.2, 0.25) is 0 Å². The van der Waals surface area contributed by atoms with Crippen LogP contribution in [0.25, 0.3) is 0 Å². The molecule has 1 unspecified atom stereocenters. The van der Waals surface area contributed by atoms with E-state index in [2.05, 4.69) is 37.2 Å². The van der Waals surface area contributed by atoms with E-state index in [1.54, 1.807) is 0 Å². The number of benzene rings is 1. The Balaban J connectivity index is 2.13. The summed E-state index contributed by atoms with van der Waals surface area (Å²) in [5.41, 5.74) is 1.06. The monoisotopic (exact) mass is 435 g/mol. The molecular formula is C14H12Br2ClNOS. The van der Waals surface area contributed by atoms with Crippen LogP contribution in [0.4, 0.5) is 0 Å². The third-order valence-electron chi connectivity index (χ3n) is 2.85. The van der Waals surface area contributed by atoms with Crippen molar-refractivity contribution < 1.29 is 4.79 Å². The van der Waals surface area contributed by atoms with E-state index >= 15 is 0 Å². The van der Waals surface area contributed by atoms with Crippen LogP contribution in [0.15, 0.2) is 38.6 Å². The zero-order valence-corrected chi connectivity index (χ0v) is 15.4. The van der Waals surface area contributed by atoms with Crippen molar-refractivity contribution in [3.8, 4) is 0 Å². The van der Waals surface area contributed by atoms with Crippen LogP contribution in [0.3, 0.4) is 0 Å². The summed E-state index contributed by atoms with van der Waals surface area (Å²) >= 11 is 14.1. The number of amides is 1. The van der Waals surface area contributed by atoms with E-state index in [9.17, 15) is 4.79 Å². The molecule has 1 aromatic carbocycles. The van der Waals surface area contributed by atoms with Crippen molar-refractivity contribution in [1.82, 2.24) is 5.32 Å². The lowest BCUT2D eigenvalue weighted by molar-refractivity contribution is 0.0939. The zero-order chi connectivity index (χ0) is 14.7. The van der Waals surface area contributed by atoms with Crippen molar-refractivity contribution in [3.63, 3.8) is 0 Å². The van der Waals surface area contributed by atoms with Crippen LogP contribution in [0, 0.1) is 0 Å². The Kier molecular flexibility index (Phi) is 5.66. The van der Waals surface area contributed by atoms with Crippen molar-refractivity contribution in [2.75, 3.05) is 0 Å². The molecule has 0 saturated carbocycles. The molecule has 1 aromatic heterocycles. The molecule has 1 heterocycles. The summed E-state index contributed by atoms with van der Waals surface area (Å²) in [6.45, 7) is 2.04. The predicted octanol–water partition coefficient (Wildman–Crippen LogP) is 5.81. The number of nitrogens with one attached hydrogen (secondary N) is 1. The number of hydrogen-bond donors (Lipinski definition) is 1. The molecule has 2 aromatic rings. The van der Waals surface area contributed by atoms with Gasteiger partial charge in [-0.05, 0) is 62.0 Å². The summed E-state index contributed by atoms with van der Waals surface area (Å²) in [5, 5.41) is 3.74. The maximum Gasteiger partial charge on any atom is 0.261 e. The summed E-state index contributed by atoms with van der Waals surface area (Å²) in [6.07, 6.45) is 0.821. The number of halogens is 3. The molecule has 0 fully saturated rings. The van der Waals surface area contributed by atoms with Crippen molar-refractivity contribution >= 4 is 60.7 Å². The highest BCUT2D eigenvalue weighted by Gasteiger charge is 2.17. The van der Waals surface area contributed by atoms with Gasteiger partial charge in [-0.2, -0.15) is 0 Å². The van der Waals surface area contributed by atoms with Crippen molar-refractivity contribution in [1.29, 1.82) is 0 Å². The molecule has 1 atom stereocenters. The Labute approximate surface area is 143 Å². The van der Waals surface area contributed by atoms with E-state index in [-0.39, 0.29) is 11.9 Å². The minimum absolute atomic E-state index is 0.0144. The highest BCUT2D eigenvalue weighted by Crippen LogP contribution is 2.32. The summed E-state index contributed by atoms with van der Waals surface area (Å²) in [5.74, 6) is -0.0665. The lowest BCUT2D eigenvalue weighted by Crippen LogP contribution is -2.27. The zero-order valence-electron chi connectivity index (χ0n) is 10.6. The molecule has 0 bridgehead atoms. The van der Waals surface area contributed by atoms with Gasteiger partial charge in [-0.3, -0.25) is 4.79 Å². The molecule has 1 amide bonds. The SMILES string of the molecule is CCC(NC(=O)c1cc(Br)c(Br)s1)c1ccc(Cl)cc1. The van der Waals surface area contributed by atoms with Gasteiger partial charge in [0.05, 0.1) is 14.7 Å². The van der Waals surface area contributed by atoms with Gasteiger partial charge in [0, 0.05) is 9.50 Å². The van der Waals surface area contributed by atoms with Gasteiger partial charge >= 0.3 is 0 Å². The van der Waals surface area contributed by atoms with Crippen molar-refractivity contribution in [2.45, 2.75) is 19.4 Å². The molecule has 20 heavy (non-hydrogen) atoms. The van der Waals surface area contributed by atoms with Gasteiger partial charge in [-0.25, -0.2) is 0 Å². The third-order valence-corrected chi connectivity index (χ3v) is 6.36. The molecule has 0 aliphatic rings. The highest BCUT2D eigenvalue weighted by molar-refractivity contribution is 9.13. The second-order valence-electron chi connectivity index (χ2n) is 4.22. The van der Waals surface area contributed by atoms with Gasteiger partial charge in [-0.15, -0.1) is 11.3 Å². The van der Waals surface area contributed by atoms with E-state index < -0.39 is 0 Å². The normalized spacial score (nSPS) is 12.2. The van der Waals surface area contributed by atoms with Gasteiger partial charge in [0.1, 0.15) is 0 Å². The van der Waals surface area contributed by atoms with E-state index in [1.165, 1.54) is 11.3 Å². The summed E-state index contributed by atoms with van der Waals surface area (Å²) in [6, 6.07) is 9.36. The van der Waals surface area contributed by atoms with E-state index in [0.29, 0.717) is 9.90 Å². The first-order valence-electron chi connectivity index (χ1n) is 6.02. The van der Waals surface area contributed by atoms with Gasteiger partial charge in [-0.1, -0.05) is 30.7 Å². The lowest BCUT2D eigenvalue weighted by atomic mass is 10.0. The molecule has 1 N–H and O–H groups in total. The van der Waals surface area contributed by atoms with Crippen LogP contribution in [0.2, 0.25) is 5.02 Å². The first-order chi connectivity index (χ1) is 9.51. The smallest absolute Gasteiger partial charge is 0.261 e. The maximum absolute atomic E-state index is 12.3. The molecule has 106 valence electrons. The second kappa shape index (κ2) is 7.07. The van der Waals surface area contributed by atoms with Crippen LogP contribution in [-0.4, -0.2) is 5.91 Å². The van der Waals surface area contributed by atoms with Crippen LogP contribution in [-0.2, 0) is 0 Å². The fourth-order valence-corrected chi connectivity index (χ4v) is 3.87. The fraction of sp³-hybridized carbons (Fsp3) is 0.214. The number of carbonyl (C=O) groups excluding carboxylic acids is 1. The Morgan fingerprint density at radius 1 is 1.35 bits per heavy atom. The first-order valence-corrected chi connectivity index (χ1v) is 8.80. The Hall–Kier alpha value is -0.360. The van der Waals surface area contributed by atoms with Crippen molar-refractivity contribution in [3.05, 3.63) is 54.1 Å². The van der Waals surface area contributed by atoms with E-state index in [0.717, 1.165) is 20.2 Å². The molecule has 2 rings (SSSR count). The lowest BCUT2D eigenvalue weighted by Gasteiger charge is -2.17. The summed E-state index contributed by atoms with van der Waals surface area (Å²) < 4.78 is 1.81. The number of thiophene rings is 1. The minimum atomic E-state index is -0.0665. The Morgan fingerprint density at radius 2 is 2.00 bits per heavy atom. The molecular weight excluding hydrogens is 425 g/mol. The molecule has 0 aliphatic heterocycles. The quantitative estimate of drug-likeness (QED) is 0.643. The molecule has 0 spiro atoms. The number of rotatable bonds is 4.